The van der Waals surface area contributed by atoms with Gasteiger partial charge in [-0.25, -0.2) is 0 Å². The van der Waals surface area contributed by atoms with E-state index in [0.717, 1.165) is 16.1 Å². The Balaban J connectivity index is 1.73. The molecule has 0 fully saturated rings. The van der Waals surface area contributed by atoms with Crippen molar-refractivity contribution in [1.82, 2.24) is 0 Å². The first-order chi connectivity index (χ1) is 11.9. The van der Waals surface area contributed by atoms with Crippen molar-refractivity contribution in [3.8, 4) is 0 Å². The molecule has 2 atom stereocenters. The summed E-state index contributed by atoms with van der Waals surface area (Å²) in [5.41, 5.74) is 1.79. The van der Waals surface area contributed by atoms with Gasteiger partial charge >= 0.3 is 0 Å². The van der Waals surface area contributed by atoms with E-state index >= 15 is 0 Å². The van der Waals surface area contributed by atoms with Gasteiger partial charge in [0.05, 0.1) is 18.8 Å². The Labute approximate surface area is 157 Å². The van der Waals surface area contributed by atoms with Crippen LogP contribution >= 0.6 is 23.4 Å². The van der Waals surface area contributed by atoms with Crippen LogP contribution in [0.4, 0.5) is 5.69 Å². The van der Waals surface area contributed by atoms with E-state index in [1.807, 2.05) is 55.5 Å². The molecule has 6 heteroatoms. The summed E-state index contributed by atoms with van der Waals surface area (Å²) in [7, 11) is 0. The lowest BCUT2D eigenvalue weighted by Gasteiger charge is -2.17. The van der Waals surface area contributed by atoms with E-state index in [1.54, 1.807) is 11.8 Å². The minimum Gasteiger partial charge on any atom is -0.390 e. The van der Waals surface area contributed by atoms with Crippen LogP contribution in [0.1, 0.15) is 25.5 Å². The zero-order chi connectivity index (χ0) is 18.2. The van der Waals surface area contributed by atoms with Crippen LogP contribution in [0, 0.1) is 0 Å². The molecular weight excluding hydrogens is 358 g/mol. The van der Waals surface area contributed by atoms with E-state index in [4.69, 9.17) is 16.3 Å². The van der Waals surface area contributed by atoms with Gasteiger partial charge in [-0.15, -0.1) is 11.8 Å². The number of benzene rings is 2. The third-order valence-corrected chi connectivity index (χ3v) is 4.90. The number of nitrogens with one attached hydrogen (secondary N) is 1. The van der Waals surface area contributed by atoms with Gasteiger partial charge in [0.1, 0.15) is 0 Å². The van der Waals surface area contributed by atoms with Gasteiger partial charge < -0.3 is 15.2 Å². The standard InChI is InChI=1S/C19H22ClNO3S/c1-13(15-3-5-16(20)6-4-15)24-11-18(23)12-25-19-9-7-17(8-10-19)21-14(2)22/h3-10,13,18,23H,11-12H2,1-2H3,(H,21,22)/t13-,18+/m0/s1. The third-order valence-electron chi connectivity index (χ3n) is 3.50. The van der Waals surface area contributed by atoms with Gasteiger partial charge in [0.25, 0.3) is 0 Å². The number of aliphatic hydroxyl groups excluding tert-OH is 1. The number of halogens is 1. The molecule has 0 spiro atoms. The normalized spacial score (nSPS) is 13.3. The van der Waals surface area contributed by atoms with Gasteiger partial charge in [-0.3, -0.25) is 4.79 Å². The van der Waals surface area contributed by atoms with Crippen molar-refractivity contribution in [2.45, 2.75) is 31.0 Å². The van der Waals surface area contributed by atoms with Crippen molar-refractivity contribution in [2.75, 3.05) is 17.7 Å². The molecule has 1 amide bonds. The average Bonchev–Trinajstić information content (AvgIpc) is 2.59. The van der Waals surface area contributed by atoms with Crippen LogP contribution in [0.3, 0.4) is 0 Å². The molecular formula is C19H22ClNO3S. The maximum Gasteiger partial charge on any atom is 0.221 e. The predicted octanol–water partition coefficient (Wildman–Crippen LogP) is 4.53. The van der Waals surface area contributed by atoms with E-state index in [1.165, 1.54) is 6.92 Å². The van der Waals surface area contributed by atoms with Crippen LogP contribution in [-0.4, -0.2) is 29.5 Å². The Kier molecular flexibility index (Phi) is 7.78. The zero-order valence-corrected chi connectivity index (χ0v) is 15.8. The Morgan fingerprint density at radius 2 is 1.84 bits per heavy atom. The first-order valence-electron chi connectivity index (χ1n) is 7.99. The number of carbonyl (C=O) groups is 1. The second-order valence-electron chi connectivity index (χ2n) is 5.70. The quantitative estimate of drug-likeness (QED) is 0.661. The highest BCUT2D eigenvalue weighted by Crippen LogP contribution is 2.23. The molecule has 25 heavy (non-hydrogen) atoms. The maximum atomic E-state index is 11.0. The van der Waals surface area contributed by atoms with Crippen molar-refractivity contribution in [1.29, 1.82) is 0 Å². The number of ether oxygens (including phenoxy) is 1. The molecule has 2 rings (SSSR count). The number of hydrogen-bond acceptors (Lipinski definition) is 4. The zero-order valence-electron chi connectivity index (χ0n) is 14.2. The van der Waals surface area contributed by atoms with Crippen LogP contribution in [0.15, 0.2) is 53.4 Å². The Hall–Kier alpha value is -1.53. The highest BCUT2D eigenvalue weighted by atomic mass is 35.5. The fourth-order valence-electron chi connectivity index (χ4n) is 2.16. The molecule has 4 nitrogen and oxygen atoms in total. The fourth-order valence-corrected chi connectivity index (χ4v) is 3.10. The third kappa shape index (κ3) is 7.08. The molecule has 0 radical (unpaired) electrons. The van der Waals surface area contributed by atoms with E-state index in [2.05, 4.69) is 5.32 Å². The summed E-state index contributed by atoms with van der Waals surface area (Å²) >= 11 is 7.42. The van der Waals surface area contributed by atoms with Gasteiger partial charge in [-0.1, -0.05) is 23.7 Å². The van der Waals surface area contributed by atoms with Crippen molar-refractivity contribution in [2.24, 2.45) is 0 Å². The molecule has 0 aliphatic heterocycles. The molecule has 2 N–H and O–H groups in total. The van der Waals surface area contributed by atoms with Gasteiger partial charge in [0.15, 0.2) is 0 Å². The molecule has 0 aliphatic rings. The summed E-state index contributed by atoms with van der Waals surface area (Å²) in [5, 5.41) is 13.5. The van der Waals surface area contributed by atoms with Crippen molar-refractivity contribution >= 4 is 35.0 Å². The Morgan fingerprint density at radius 3 is 2.44 bits per heavy atom. The molecule has 0 aliphatic carbocycles. The molecule has 0 unspecified atom stereocenters. The van der Waals surface area contributed by atoms with Crippen molar-refractivity contribution in [3.05, 3.63) is 59.1 Å². The fraction of sp³-hybridized carbons (Fsp3) is 0.316. The highest BCUT2D eigenvalue weighted by molar-refractivity contribution is 7.99. The van der Waals surface area contributed by atoms with Crippen LogP contribution in [0.2, 0.25) is 5.02 Å². The first-order valence-corrected chi connectivity index (χ1v) is 9.36. The molecule has 2 aromatic carbocycles. The number of amides is 1. The number of anilines is 1. The Morgan fingerprint density at radius 1 is 1.20 bits per heavy atom. The topological polar surface area (TPSA) is 58.6 Å². The number of thioether (sulfide) groups is 1. The monoisotopic (exact) mass is 379 g/mol. The van der Waals surface area contributed by atoms with Gasteiger partial charge in [0, 0.05) is 28.3 Å². The van der Waals surface area contributed by atoms with Crippen LogP contribution < -0.4 is 5.32 Å². The minimum atomic E-state index is -0.560. The summed E-state index contributed by atoms with van der Waals surface area (Å²) in [6, 6.07) is 15.0. The lowest BCUT2D eigenvalue weighted by atomic mass is 10.1. The van der Waals surface area contributed by atoms with E-state index in [0.29, 0.717) is 10.8 Å². The summed E-state index contributed by atoms with van der Waals surface area (Å²) in [6.07, 6.45) is -0.663. The summed E-state index contributed by atoms with van der Waals surface area (Å²) in [6.45, 7) is 3.69. The molecule has 2 aromatic rings. The number of hydrogen-bond donors (Lipinski definition) is 2. The van der Waals surface area contributed by atoms with Crippen molar-refractivity contribution < 1.29 is 14.6 Å². The molecule has 0 aromatic heterocycles. The number of aliphatic hydroxyl groups is 1. The summed E-state index contributed by atoms with van der Waals surface area (Å²) in [4.78, 5) is 12.0. The van der Waals surface area contributed by atoms with Crippen LogP contribution in [-0.2, 0) is 9.53 Å². The predicted molar refractivity (Wildman–Crippen MR) is 103 cm³/mol. The van der Waals surface area contributed by atoms with Crippen LogP contribution in [0.25, 0.3) is 0 Å². The minimum absolute atomic E-state index is 0.0946. The van der Waals surface area contributed by atoms with Crippen molar-refractivity contribution in [3.63, 3.8) is 0 Å². The summed E-state index contributed by atoms with van der Waals surface area (Å²) < 4.78 is 5.73. The van der Waals surface area contributed by atoms with E-state index in [-0.39, 0.29) is 18.6 Å². The molecule has 0 saturated carbocycles. The maximum absolute atomic E-state index is 11.0. The second-order valence-corrected chi connectivity index (χ2v) is 7.23. The second kappa shape index (κ2) is 9.82. The lowest BCUT2D eigenvalue weighted by Crippen LogP contribution is -2.19. The lowest BCUT2D eigenvalue weighted by molar-refractivity contribution is -0.114. The van der Waals surface area contributed by atoms with Gasteiger partial charge in [-0.05, 0) is 48.9 Å². The molecule has 134 valence electrons. The summed E-state index contributed by atoms with van der Waals surface area (Å²) in [5.74, 6) is 0.440. The van der Waals surface area contributed by atoms with Gasteiger partial charge in [0.2, 0.25) is 5.91 Å². The average molecular weight is 380 g/mol. The van der Waals surface area contributed by atoms with E-state index < -0.39 is 6.10 Å². The SMILES string of the molecule is CC(=O)Nc1ccc(SC[C@H](O)CO[C@@H](C)c2ccc(Cl)cc2)cc1. The van der Waals surface area contributed by atoms with E-state index in [9.17, 15) is 9.90 Å². The molecule has 0 saturated heterocycles. The molecule has 0 bridgehead atoms. The van der Waals surface area contributed by atoms with Gasteiger partial charge in [-0.2, -0.15) is 0 Å². The highest BCUT2D eigenvalue weighted by Gasteiger charge is 2.10. The Bertz CT molecular complexity index is 676. The number of rotatable bonds is 8. The number of carbonyl (C=O) groups excluding carboxylic acids is 1. The first kappa shape index (κ1) is 19.8. The smallest absolute Gasteiger partial charge is 0.221 e. The van der Waals surface area contributed by atoms with Crippen LogP contribution in [0.5, 0.6) is 0 Å². The largest absolute Gasteiger partial charge is 0.390 e. The molecule has 0 heterocycles.